The summed E-state index contributed by atoms with van der Waals surface area (Å²) in [7, 11) is 0. The highest BCUT2D eigenvalue weighted by atomic mass is 19.1. The summed E-state index contributed by atoms with van der Waals surface area (Å²) < 4.78 is 18.3. The second kappa shape index (κ2) is 6.41. The van der Waals surface area contributed by atoms with E-state index in [9.17, 15) is 9.18 Å². The zero-order valence-electron chi connectivity index (χ0n) is 11.9. The molecule has 6 heteroatoms. The van der Waals surface area contributed by atoms with E-state index in [4.69, 9.17) is 4.74 Å². The van der Waals surface area contributed by atoms with Gasteiger partial charge in [-0.05, 0) is 17.7 Å². The largest absolute Gasteiger partial charge is 0.378 e. The second-order valence-electron chi connectivity index (χ2n) is 5.57. The highest BCUT2D eigenvalue weighted by molar-refractivity contribution is 5.74. The average Bonchev–Trinajstić information content (AvgIpc) is 2.46. The van der Waals surface area contributed by atoms with E-state index >= 15 is 0 Å². The van der Waals surface area contributed by atoms with Crippen LogP contribution >= 0.6 is 0 Å². The van der Waals surface area contributed by atoms with E-state index < -0.39 is 0 Å². The minimum Gasteiger partial charge on any atom is -0.378 e. The number of hydrogen-bond acceptors (Lipinski definition) is 3. The van der Waals surface area contributed by atoms with Gasteiger partial charge in [0.2, 0.25) is 0 Å². The van der Waals surface area contributed by atoms with Crippen LogP contribution < -0.4 is 5.32 Å². The van der Waals surface area contributed by atoms with Crippen molar-refractivity contribution < 1.29 is 13.9 Å². The molecule has 5 nitrogen and oxygen atoms in total. The molecule has 0 unspecified atom stereocenters. The molecule has 0 radical (unpaired) electrons. The van der Waals surface area contributed by atoms with Crippen molar-refractivity contribution in [3.8, 4) is 0 Å². The Labute approximate surface area is 123 Å². The van der Waals surface area contributed by atoms with Gasteiger partial charge in [-0.1, -0.05) is 12.1 Å². The fraction of sp³-hybridized carbons (Fsp3) is 0.533. The zero-order chi connectivity index (χ0) is 14.7. The Hall–Kier alpha value is -1.66. The highest BCUT2D eigenvalue weighted by Gasteiger charge is 2.29. The van der Waals surface area contributed by atoms with Crippen molar-refractivity contribution in [2.24, 2.45) is 0 Å². The molecule has 1 aromatic carbocycles. The number of hydrogen-bond donors (Lipinski definition) is 1. The monoisotopic (exact) mass is 293 g/mol. The molecule has 2 saturated heterocycles. The summed E-state index contributed by atoms with van der Waals surface area (Å²) in [5.41, 5.74) is 0.966. The third-order valence-corrected chi connectivity index (χ3v) is 3.88. The second-order valence-corrected chi connectivity index (χ2v) is 5.57. The summed E-state index contributed by atoms with van der Waals surface area (Å²) >= 11 is 0. The van der Waals surface area contributed by atoms with Gasteiger partial charge in [0.25, 0.3) is 0 Å². The molecular formula is C15H20FN3O2. The first-order valence-electron chi connectivity index (χ1n) is 7.31. The molecule has 0 aliphatic carbocycles. The molecule has 0 bridgehead atoms. The molecule has 3 rings (SSSR count). The summed E-state index contributed by atoms with van der Waals surface area (Å²) in [5.74, 6) is -0.204. The van der Waals surface area contributed by atoms with E-state index in [0.717, 1.165) is 25.2 Å². The molecule has 0 atom stereocenters. The number of benzene rings is 1. The third-order valence-electron chi connectivity index (χ3n) is 3.88. The normalized spacial score (nSPS) is 20.1. The molecule has 2 aliphatic rings. The van der Waals surface area contributed by atoms with Gasteiger partial charge in [-0.3, -0.25) is 4.90 Å². The number of ether oxygens (including phenoxy) is 1. The van der Waals surface area contributed by atoms with Crippen molar-refractivity contribution in [3.05, 3.63) is 35.6 Å². The minimum absolute atomic E-state index is 0.00583. The van der Waals surface area contributed by atoms with E-state index in [1.54, 1.807) is 17.0 Å². The number of nitrogens with zero attached hydrogens (tertiary/aromatic N) is 2. The van der Waals surface area contributed by atoms with Crippen LogP contribution in [0.25, 0.3) is 0 Å². The average molecular weight is 293 g/mol. The van der Waals surface area contributed by atoms with E-state index in [1.807, 2.05) is 6.07 Å². The van der Waals surface area contributed by atoms with Crippen molar-refractivity contribution >= 4 is 6.03 Å². The molecule has 0 spiro atoms. The van der Waals surface area contributed by atoms with Gasteiger partial charge >= 0.3 is 6.03 Å². The van der Waals surface area contributed by atoms with Crippen molar-refractivity contribution in [2.75, 3.05) is 39.4 Å². The maximum absolute atomic E-state index is 13.1. The van der Waals surface area contributed by atoms with Gasteiger partial charge in [0.05, 0.1) is 19.3 Å². The van der Waals surface area contributed by atoms with Crippen molar-refractivity contribution in [3.63, 3.8) is 0 Å². The summed E-state index contributed by atoms with van der Waals surface area (Å²) in [5, 5.41) is 3.03. The maximum atomic E-state index is 13.1. The number of nitrogens with one attached hydrogen (secondary N) is 1. The molecule has 21 heavy (non-hydrogen) atoms. The van der Waals surface area contributed by atoms with Gasteiger partial charge in [0.15, 0.2) is 0 Å². The maximum Gasteiger partial charge on any atom is 0.317 e. The number of likely N-dealkylation sites (tertiary alicyclic amines) is 1. The van der Waals surface area contributed by atoms with Crippen LogP contribution in [0.4, 0.5) is 9.18 Å². The van der Waals surface area contributed by atoms with E-state index in [0.29, 0.717) is 26.3 Å². The number of rotatable bonds is 3. The summed E-state index contributed by atoms with van der Waals surface area (Å²) in [6.45, 7) is 4.89. The van der Waals surface area contributed by atoms with Crippen LogP contribution in [0.1, 0.15) is 5.56 Å². The quantitative estimate of drug-likeness (QED) is 0.906. The van der Waals surface area contributed by atoms with Crippen molar-refractivity contribution in [2.45, 2.75) is 12.6 Å². The van der Waals surface area contributed by atoms with Crippen LogP contribution in [0.2, 0.25) is 0 Å². The Morgan fingerprint density at radius 3 is 2.81 bits per heavy atom. The lowest BCUT2D eigenvalue weighted by atomic mass is 10.1. The SMILES string of the molecule is O=C(NC1CN(Cc2cccc(F)c2)C1)N1CCOCC1. The minimum atomic E-state index is -0.204. The van der Waals surface area contributed by atoms with Crippen molar-refractivity contribution in [1.82, 2.24) is 15.1 Å². The fourth-order valence-corrected chi connectivity index (χ4v) is 2.72. The summed E-state index contributed by atoms with van der Waals surface area (Å²) in [4.78, 5) is 16.0. The predicted octanol–water partition coefficient (Wildman–Crippen LogP) is 1.05. The Kier molecular flexibility index (Phi) is 4.36. The number of carbonyl (C=O) groups excluding carboxylic acids is 1. The number of morpholine rings is 1. The lowest BCUT2D eigenvalue weighted by Crippen LogP contribution is -2.61. The molecule has 2 heterocycles. The molecule has 2 amide bonds. The fourth-order valence-electron chi connectivity index (χ4n) is 2.72. The first kappa shape index (κ1) is 14.3. The van der Waals surface area contributed by atoms with E-state index in [2.05, 4.69) is 10.2 Å². The van der Waals surface area contributed by atoms with E-state index in [1.165, 1.54) is 6.07 Å². The van der Waals surface area contributed by atoms with Gasteiger partial charge in [0.1, 0.15) is 5.82 Å². The van der Waals surface area contributed by atoms with Gasteiger partial charge < -0.3 is 15.0 Å². The molecule has 2 fully saturated rings. The lowest BCUT2D eigenvalue weighted by molar-refractivity contribution is 0.0482. The Morgan fingerprint density at radius 2 is 2.10 bits per heavy atom. The van der Waals surface area contributed by atoms with Crippen LogP contribution in [-0.4, -0.2) is 61.3 Å². The van der Waals surface area contributed by atoms with Crippen LogP contribution in [0.15, 0.2) is 24.3 Å². The molecule has 2 aliphatic heterocycles. The highest BCUT2D eigenvalue weighted by Crippen LogP contribution is 2.14. The topological polar surface area (TPSA) is 44.8 Å². The number of halogens is 1. The van der Waals surface area contributed by atoms with E-state index in [-0.39, 0.29) is 17.9 Å². The number of urea groups is 1. The first-order chi connectivity index (χ1) is 10.2. The smallest absolute Gasteiger partial charge is 0.317 e. The summed E-state index contributed by atoms with van der Waals surface area (Å²) in [6.07, 6.45) is 0. The summed E-state index contributed by atoms with van der Waals surface area (Å²) in [6, 6.07) is 6.83. The standard InChI is InChI=1S/C15H20FN3O2/c16-13-3-1-2-12(8-13)9-18-10-14(11-18)17-15(20)19-4-6-21-7-5-19/h1-3,8,14H,4-7,9-11H2,(H,17,20). The van der Waals surface area contributed by atoms with Gasteiger partial charge in [-0.25, -0.2) is 9.18 Å². The molecule has 0 saturated carbocycles. The van der Waals surface area contributed by atoms with Crippen LogP contribution in [-0.2, 0) is 11.3 Å². The third kappa shape index (κ3) is 3.71. The molecule has 0 aromatic heterocycles. The molecule has 1 aromatic rings. The predicted molar refractivity (Wildman–Crippen MR) is 76.4 cm³/mol. The van der Waals surface area contributed by atoms with Crippen LogP contribution in [0.3, 0.4) is 0 Å². The molecule has 1 N–H and O–H groups in total. The Morgan fingerprint density at radius 1 is 1.33 bits per heavy atom. The first-order valence-corrected chi connectivity index (χ1v) is 7.31. The Bertz CT molecular complexity index is 499. The van der Waals surface area contributed by atoms with Crippen molar-refractivity contribution in [1.29, 1.82) is 0 Å². The van der Waals surface area contributed by atoms with Crippen LogP contribution in [0.5, 0.6) is 0 Å². The molecule has 114 valence electrons. The van der Waals surface area contributed by atoms with Gasteiger partial charge in [-0.2, -0.15) is 0 Å². The van der Waals surface area contributed by atoms with Gasteiger partial charge in [0, 0.05) is 32.7 Å². The number of carbonyl (C=O) groups is 1. The lowest BCUT2D eigenvalue weighted by Gasteiger charge is -2.40. The number of amides is 2. The Balaban J connectivity index is 1.40. The zero-order valence-corrected chi connectivity index (χ0v) is 11.9. The van der Waals surface area contributed by atoms with Gasteiger partial charge in [-0.15, -0.1) is 0 Å². The van der Waals surface area contributed by atoms with Crippen LogP contribution in [0, 0.1) is 5.82 Å². The molecular weight excluding hydrogens is 273 g/mol.